The lowest BCUT2D eigenvalue weighted by Gasteiger charge is -1.88. The summed E-state index contributed by atoms with van der Waals surface area (Å²) in [6.07, 6.45) is 0.722. The van der Waals surface area contributed by atoms with Crippen LogP contribution in [0.3, 0.4) is 0 Å². The summed E-state index contributed by atoms with van der Waals surface area (Å²) in [7, 11) is 0. The molecule has 2 nitrogen and oxygen atoms in total. The van der Waals surface area contributed by atoms with Gasteiger partial charge in [0.2, 0.25) is 5.91 Å². The number of rotatable bonds is 0. The summed E-state index contributed by atoms with van der Waals surface area (Å²) >= 11 is 0. The number of carbonyl (C=O) groups excluding carboxylic acids is 1. The molecule has 1 rings (SSSR count). The van der Waals surface area contributed by atoms with Crippen LogP contribution in [-0.4, -0.2) is 12.5 Å². The molecule has 1 heterocycles. The highest BCUT2D eigenvalue weighted by atomic mass is 16.1. The van der Waals surface area contributed by atoms with E-state index in [0.717, 1.165) is 13.0 Å². The summed E-state index contributed by atoms with van der Waals surface area (Å²) in [6.45, 7) is 6.94. The second-order valence-corrected chi connectivity index (χ2v) is 2.11. The Hall–Kier alpha value is -0.530. The lowest BCUT2D eigenvalue weighted by molar-refractivity contribution is -0.119. The normalized spacial score (nSPS) is 24.3. The van der Waals surface area contributed by atoms with Crippen LogP contribution in [-0.2, 0) is 4.79 Å². The summed E-state index contributed by atoms with van der Waals surface area (Å²) in [5, 5.41) is 2.73. The molecule has 1 aliphatic rings. The van der Waals surface area contributed by atoms with Gasteiger partial charge >= 0.3 is 0 Å². The highest BCUT2D eigenvalue weighted by Gasteiger charge is 2.15. The Morgan fingerprint density at radius 2 is 2.22 bits per heavy atom. The monoisotopic (exact) mass is 131 g/mol. The first-order valence-corrected chi connectivity index (χ1v) is 3.56. The van der Waals surface area contributed by atoms with Gasteiger partial charge in [-0.1, -0.05) is 20.8 Å². The maximum Gasteiger partial charge on any atom is 0.220 e. The molecule has 0 aliphatic carbocycles. The quantitative estimate of drug-likeness (QED) is 0.529. The third kappa shape index (κ3) is 3.12. The van der Waals surface area contributed by atoms with Crippen LogP contribution in [0.5, 0.6) is 0 Å². The van der Waals surface area contributed by atoms with Gasteiger partial charge in [-0.05, 0) is 5.92 Å². The molecule has 1 saturated heterocycles. The largest absolute Gasteiger partial charge is 0.356 e. The topological polar surface area (TPSA) is 29.1 Å². The molecule has 0 aromatic rings. The number of hydrogen-bond donors (Lipinski definition) is 1. The maximum atomic E-state index is 10.3. The molecule has 9 heavy (non-hydrogen) atoms. The molecule has 0 saturated carbocycles. The van der Waals surface area contributed by atoms with Crippen molar-refractivity contribution < 1.29 is 6.22 Å². The smallest absolute Gasteiger partial charge is 0.220 e. The minimum atomic E-state index is 0. The Morgan fingerprint density at radius 1 is 1.67 bits per heavy atom. The molecule has 0 spiro atoms. The standard InChI is InChI=1S/C5H9NO.C2H6.H2/c1-4-2-5(7)6-3-4;1-2;/h4H,2-3H2,1H3,(H,6,7);1-2H3;1H. The van der Waals surface area contributed by atoms with Gasteiger partial charge in [0, 0.05) is 14.4 Å². The fraction of sp³-hybridized carbons (Fsp3) is 0.857. The van der Waals surface area contributed by atoms with Gasteiger partial charge in [0.25, 0.3) is 0 Å². The van der Waals surface area contributed by atoms with Crippen molar-refractivity contribution >= 4 is 5.91 Å². The van der Waals surface area contributed by atoms with Crippen LogP contribution < -0.4 is 5.32 Å². The van der Waals surface area contributed by atoms with E-state index in [9.17, 15) is 4.79 Å². The fourth-order valence-corrected chi connectivity index (χ4v) is 0.749. The number of nitrogens with one attached hydrogen (secondary N) is 1. The Bertz CT molecular complexity index is 95.6. The molecule has 1 atom stereocenters. The van der Waals surface area contributed by atoms with Gasteiger partial charge in [-0.15, -0.1) is 0 Å². The first-order chi connectivity index (χ1) is 4.29. The first kappa shape index (κ1) is 8.47. The van der Waals surface area contributed by atoms with E-state index < -0.39 is 0 Å². The van der Waals surface area contributed by atoms with Crippen LogP contribution in [0.1, 0.15) is 28.6 Å². The molecule has 2 heteroatoms. The second-order valence-electron chi connectivity index (χ2n) is 2.11. The molecular weight excluding hydrogens is 114 g/mol. The molecule has 1 fully saturated rings. The summed E-state index contributed by atoms with van der Waals surface area (Å²) in [6, 6.07) is 0. The van der Waals surface area contributed by atoms with Crippen molar-refractivity contribution in [3.05, 3.63) is 0 Å². The SMILES string of the molecule is CC.CC1CNC(=O)C1.[HH]. The maximum absolute atomic E-state index is 10.3. The summed E-state index contributed by atoms with van der Waals surface area (Å²) in [5.74, 6) is 0.764. The fourth-order valence-electron chi connectivity index (χ4n) is 0.749. The lowest BCUT2D eigenvalue weighted by Crippen LogP contribution is -2.13. The van der Waals surface area contributed by atoms with E-state index in [0.29, 0.717) is 5.92 Å². The van der Waals surface area contributed by atoms with Gasteiger partial charge in [-0.2, -0.15) is 0 Å². The van der Waals surface area contributed by atoms with Gasteiger partial charge < -0.3 is 5.32 Å². The van der Waals surface area contributed by atoms with E-state index in [1.54, 1.807) is 0 Å². The van der Waals surface area contributed by atoms with Gasteiger partial charge in [0.15, 0.2) is 0 Å². The van der Waals surface area contributed by atoms with E-state index in [1.165, 1.54) is 0 Å². The average Bonchev–Trinajstić information content (AvgIpc) is 2.20. The van der Waals surface area contributed by atoms with Crippen molar-refractivity contribution in [2.24, 2.45) is 5.92 Å². The molecule has 0 radical (unpaired) electrons. The van der Waals surface area contributed by atoms with Crippen LogP contribution in [0, 0.1) is 5.92 Å². The summed E-state index contributed by atoms with van der Waals surface area (Å²) in [4.78, 5) is 10.3. The van der Waals surface area contributed by atoms with Crippen LogP contribution >= 0.6 is 0 Å². The molecule has 56 valence electrons. The zero-order valence-electron chi connectivity index (χ0n) is 6.40. The Balaban J connectivity index is 0. The highest BCUT2D eigenvalue weighted by Crippen LogP contribution is 2.05. The molecule has 0 bridgehead atoms. The molecule has 1 unspecified atom stereocenters. The second kappa shape index (κ2) is 4.36. The molecule has 1 N–H and O–H groups in total. The van der Waals surface area contributed by atoms with E-state index in [-0.39, 0.29) is 7.33 Å². The molecule has 1 amide bonds. The molecule has 0 aromatic heterocycles. The minimum Gasteiger partial charge on any atom is -0.356 e. The van der Waals surface area contributed by atoms with Gasteiger partial charge in [0.1, 0.15) is 0 Å². The minimum absolute atomic E-state index is 0. The lowest BCUT2D eigenvalue weighted by atomic mass is 10.2. The van der Waals surface area contributed by atoms with Crippen LogP contribution in [0.4, 0.5) is 0 Å². The van der Waals surface area contributed by atoms with Crippen LogP contribution in [0.2, 0.25) is 0 Å². The average molecular weight is 131 g/mol. The summed E-state index contributed by atoms with van der Waals surface area (Å²) in [5.41, 5.74) is 0. The Kier molecular flexibility index (Phi) is 4.10. The number of hydrogen-bond acceptors (Lipinski definition) is 1. The third-order valence-electron chi connectivity index (χ3n) is 1.18. The predicted octanol–water partition coefficient (Wildman–Crippen LogP) is 1.41. The Labute approximate surface area is 58.1 Å². The van der Waals surface area contributed by atoms with Crippen molar-refractivity contribution in [3.63, 3.8) is 0 Å². The van der Waals surface area contributed by atoms with Crippen molar-refractivity contribution in [2.45, 2.75) is 27.2 Å². The third-order valence-corrected chi connectivity index (χ3v) is 1.18. The van der Waals surface area contributed by atoms with E-state index >= 15 is 0 Å². The van der Waals surface area contributed by atoms with Crippen LogP contribution in [0.25, 0.3) is 0 Å². The van der Waals surface area contributed by atoms with Crippen molar-refractivity contribution in [2.75, 3.05) is 6.54 Å². The van der Waals surface area contributed by atoms with Gasteiger partial charge in [-0.25, -0.2) is 0 Å². The number of amides is 1. The summed E-state index contributed by atoms with van der Waals surface area (Å²) < 4.78 is 0. The van der Waals surface area contributed by atoms with Crippen molar-refractivity contribution in [3.8, 4) is 0 Å². The predicted molar refractivity (Wildman–Crippen MR) is 40.3 cm³/mol. The number of carbonyl (C=O) groups is 1. The van der Waals surface area contributed by atoms with E-state index in [2.05, 4.69) is 12.2 Å². The molecule has 0 aromatic carbocycles. The zero-order valence-corrected chi connectivity index (χ0v) is 6.40. The van der Waals surface area contributed by atoms with Crippen LogP contribution in [0.15, 0.2) is 0 Å². The zero-order chi connectivity index (χ0) is 7.28. The first-order valence-electron chi connectivity index (χ1n) is 3.56. The Morgan fingerprint density at radius 3 is 2.33 bits per heavy atom. The van der Waals surface area contributed by atoms with Gasteiger partial charge in [-0.3, -0.25) is 4.79 Å². The molecular formula is C7H17NO. The molecule has 1 aliphatic heterocycles. The van der Waals surface area contributed by atoms with Gasteiger partial charge in [0.05, 0.1) is 0 Å². The highest BCUT2D eigenvalue weighted by molar-refractivity contribution is 5.78. The van der Waals surface area contributed by atoms with E-state index in [1.807, 2.05) is 13.8 Å². The van der Waals surface area contributed by atoms with Crippen molar-refractivity contribution in [1.29, 1.82) is 0 Å². The van der Waals surface area contributed by atoms with Crippen molar-refractivity contribution in [1.82, 2.24) is 5.32 Å². The van der Waals surface area contributed by atoms with E-state index in [4.69, 9.17) is 0 Å².